The van der Waals surface area contributed by atoms with Crippen LogP contribution in [0.15, 0.2) is 6.07 Å². The molecule has 92 valence electrons. The van der Waals surface area contributed by atoms with E-state index in [1.807, 2.05) is 6.92 Å². The molecule has 1 heterocycles. The van der Waals surface area contributed by atoms with Gasteiger partial charge in [0.25, 0.3) is 0 Å². The number of rotatable bonds is 3. The van der Waals surface area contributed by atoms with Gasteiger partial charge in [-0.2, -0.15) is 5.10 Å². The summed E-state index contributed by atoms with van der Waals surface area (Å²) in [6, 6.07) is 1.71. The Kier molecular flexibility index (Phi) is 3.12. The van der Waals surface area contributed by atoms with Gasteiger partial charge in [0.1, 0.15) is 0 Å². The Bertz CT molecular complexity index is 441. The lowest BCUT2D eigenvalue weighted by molar-refractivity contribution is -0.145. The third-order valence-corrected chi connectivity index (χ3v) is 3.13. The van der Waals surface area contributed by atoms with Gasteiger partial charge >= 0.3 is 5.97 Å². The molecule has 2 rings (SSSR count). The molecule has 0 aromatic carbocycles. The minimum absolute atomic E-state index is 0.249. The molecule has 1 aromatic rings. The Balaban J connectivity index is 2.02. The van der Waals surface area contributed by atoms with Crippen molar-refractivity contribution in [1.82, 2.24) is 10.2 Å². The zero-order valence-electron chi connectivity index (χ0n) is 9.56. The van der Waals surface area contributed by atoms with E-state index in [1.165, 1.54) is 0 Å². The lowest BCUT2D eigenvalue weighted by atomic mass is 9.95. The zero-order chi connectivity index (χ0) is 12.4. The predicted molar refractivity (Wildman–Crippen MR) is 60.4 cm³/mol. The monoisotopic (exact) mass is 237 g/mol. The average Bonchev–Trinajstić information content (AvgIpc) is 2.86. The van der Waals surface area contributed by atoms with E-state index in [0.29, 0.717) is 18.7 Å². The number of carbonyl (C=O) groups excluding carboxylic acids is 1. The van der Waals surface area contributed by atoms with Crippen molar-refractivity contribution in [2.45, 2.75) is 26.2 Å². The quantitative estimate of drug-likeness (QED) is 0.735. The van der Waals surface area contributed by atoms with E-state index in [4.69, 9.17) is 5.11 Å². The number of aromatic amines is 1. The number of anilines is 1. The van der Waals surface area contributed by atoms with E-state index in [2.05, 4.69) is 15.5 Å². The summed E-state index contributed by atoms with van der Waals surface area (Å²) < 4.78 is 0. The predicted octanol–water partition coefficient (Wildman–Crippen LogP) is 1.16. The van der Waals surface area contributed by atoms with Gasteiger partial charge in [-0.05, 0) is 19.8 Å². The molecule has 2 unspecified atom stereocenters. The molecule has 0 radical (unpaired) electrons. The number of amides is 1. The van der Waals surface area contributed by atoms with Gasteiger partial charge < -0.3 is 10.4 Å². The van der Waals surface area contributed by atoms with Crippen LogP contribution in [-0.2, 0) is 9.59 Å². The molecular formula is C11H15N3O3. The summed E-state index contributed by atoms with van der Waals surface area (Å²) in [5.74, 6) is -1.69. The Hall–Kier alpha value is -1.85. The fourth-order valence-electron chi connectivity index (χ4n) is 2.27. The first-order chi connectivity index (χ1) is 8.08. The number of nitrogens with one attached hydrogen (secondary N) is 2. The Morgan fingerprint density at radius 3 is 2.76 bits per heavy atom. The molecule has 1 aliphatic carbocycles. The molecule has 6 heteroatoms. The van der Waals surface area contributed by atoms with E-state index >= 15 is 0 Å². The molecule has 2 atom stereocenters. The van der Waals surface area contributed by atoms with Crippen molar-refractivity contribution in [3.8, 4) is 0 Å². The second kappa shape index (κ2) is 4.57. The van der Waals surface area contributed by atoms with Crippen LogP contribution in [0.3, 0.4) is 0 Å². The van der Waals surface area contributed by atoms with Crippen LogP contribution in [0.4, 0.5) is 5.82 Å². The number of carboxylic acid groups (broad SMARTS) is 1. The number of nitrogens with zero attached hydrogens (tertiary/aromatic N) is 1. The van der Waals surface area contributed by atoms with Gasteiger partial charge in [0.05, 0.1) is 11.8 Å². The van der Waals surface area contributed by atoms with Crippen LogP contribution in [0.25, 0.3) is 0 Å². The largest absolute Gasteiger partial charge is 0.481 e. The van der Waals surface area contributed by atoms with E-state index in [9.17, 15) is 9.59 Å². The van der Waals surface area contributed by atoms with Crippen molar-refractivity contribution in [1.29, 1.82) is 0 Å². The summed E-state index contributed by atoms with van der Waals surface area (Å²) in [5.41, 5.74) is 0.849. The number of aliphatic carboxylic acids is 1. The highest BCUT2D eigenvalue weighted by molar-refractivity contribution is 5.94. The standard InChI is InChI=1S/C11H15N3O3/c1-6-5-9(14-13-6)12-10(15)7-3-2-4-8(7)11(16)17/h5,7-8H,2-4H2,1H3,(H,16,17)(H2,12,13,14,15). The molecule has 1 aliphatic rings. The number of hydrogen-bond donors (Lipinski definition) is 3. The Morgan fingerprint density at radius 1 is 1.47 bits per heavy atom. The molecule has 3 N–H and O–H groups in total. The minimum atomic E-state index is -0.888. The first-order valence-electron chi connectivity index (χ1n) is 5.63. The van der Waals surface area contributed by atoms with Gasteiger partial charge in [-0.3, -0.25) is 14.7 Å². The normalized spacial score (nSPS) is 23.6. The maximum atomic E-state index is 11.9. The Labute approximate surface area is 98.4 Å². The summed E-state index contributed by atoms with van der Waals surface area (Å²) in [7, 11) is 0. The maximum absolute atomic E-state index is 11.9. The fourth-order valence-corrected chi connectivity index (χ4v) is 2.27. The molecule has 1 fully saturated rings. The van der Waals surface area contributed by atoms with Crippen LogP contribution in [-0.4, -0.2) is 27.2 Å². The van der Waals surface area contributed by atoms with E-state index < -0.39 is 17.8 Å². The summed E-state index contributed by atoms with van der Waals surface area (Å²) in [5, 5.41) is 18.3. The second-order valence-corrected chi connectivity index (χ2v) is 4.41. The van der Waals surface area contributed by atoms with E-state index in [0.717, 1.165) is 12.1 Å². The molecular weight excluding hydrogens is 222 g/mol. The van der Waals surface area contributed by atoms with Gasteiger partial charge in [0.2, 0.25) is 5.91 Å². The fraction of sp³-hybridized carbons (Fsp3) is 0.545. The summed E-state index contributed by atoms with van der Waals surface area (Å²) >= 11 is 0. The van der Waals surface area contributed by atoms with Crippen LogP contribution >= 0.6 is 0 Å². The molecule has 0 bridgehead atoms. The number of H-pyrrole nitrogens is 1. The van der Waals surface area contributed by atoms with Crippen LogP contribution in [0.2, 0.25) is 0 Å². The first kappa shape index (κ1) is 11.6. The van der Waals surface area contributed by atoms with Crippen molar-refractivity contribution in [3.05, 3.63) is 11.8 Å². The van der Waals surface area contributed by atoms with Gasteiger partial charge in [0, 0.05) is 11.8 Å². The SMILES string of the molecule is Cc1cc(NC(=O)C2CCCC2C(=O)O)n[nH]1. The van der Waals surface area contributed by atoms with Crippen LogP contribution in [0.5, 0.6) is 0 Å². The minimum Gasteiger partial charge on any atom is -0.481 e. The van der Waals surface area contributed by atoms with Crippen molar-refractivity contribution in [2.75, 3.05) is 5.32 Å². The maximum Gasteiger partial charge on any atom is 0.307 e. The molecule has 1 saturated carbocycles. The molecule has 17 heavy (non-hydrogen) atoms. The topological polar surface area (TPSA) is 95.1 Å². The summed E-state index contributed by atoms with van der Waals surface area (Å²) in [6.07, 6.45) is 1.99. The second-order valence-electron chi connectivity index (χ2n) is 4.41. The zero-order valence-corrected chi connectivity index (χ0v) is 9.56. The van der Waals surface area contributed by atoms with E-state index in [-0.39, 0.29) is 5.91 Å². The lowest BCUT2D eigenvalue weighted by Gasteiger charge is -2.14. The van der Waals surface area contributed by atoms with Crippen molar-refractivity contribution in [2.24, 2.45) is 11.8 Å². The lowest BCUT2D eigenvalue weighted by Crippen LogP contribution is -2.30. The van der Waals surface area contributed by atoms with Crippen LogP contribution in [0.1, 0.15) is 25.0 Å². The first-order valence-corrected chi connectivity index (χ1v) is 5.63. The van der Waals surface area contributed by atoms with Gasteiger partial charge in [-0.15, -0.1) is 0 Å². The smallest absolute Gasteiger partial charge is 0.307 e. The molecule has 1 amide bonds. The number of carbonyl (C=O) groups is 2. The van der Waals surface area contributed by atoms with Gasteiger partial charge in [-0.1, -0.05) is 6.42 Å². The molecule has 6 nitrogen and oxygen atoms in total. The molecule has 1 aromatic heterocycles. The third kappa shape index (κ3) is 2.46. The van der Waals surface area contributed by atoms with Crippen molar-refractivity contribution >= 4 is 17.7 Å². The number of aryl methyl sites for hydroxylation is 1. The van der Waals surface area contributed by atoms with Crippen molar-refractivity contribution < 1.29 is 14.7 Å². The van der Waals surface area contributed by atoms with E-state index in [1.54, 1.807) is 6.07 Å². The average molecular weight is 237 g/mol. The van der Waals surface area contributed by atoms with Crippen LogP contribution in [0, 0.1) is 18.8 Å². The molecule has 0 saturated heterocycles. The highest BCUT2D eigenvalue weighted by atomic mass is 16.4. The summed E-state index contributed by atoms with van der Waals surface area (Å²) in [4.78, 5) is 22.9. The third-order valence-electron chi connectivity index (χ3n) is 3.13. The van der Waals surface area contributed by atoms with Crippen molar-refractivity contribution in [3.63, 3.8) is 0 Å². The number of aromatic nitrogens is 2. The summed E-state index contributed by atoms with van der Waals surface area (Å²) in [6.45, 7) is 1.83. The highest BCUT2D eigenvalue weighted by Crippen LogP contribution is 2.32. The molecule has 0 spiro atoms. The number of carboxylic acids is 1. The van der Waals surface area contributed by atoms with Gasteiger partial charge in [-0.25, -0.2) is 0 Å². The highest BCUT2D eigenvalue weighted by Gasteiger charge is 2.37. The van der Waals surface area contributed by atoms with Crippen LogP contribution < -0.4 is 5.32 Å². The van der Waals surface area contributed by atoms with Gasteiger partial charge in [0.15, 0.2) is 5.82 Å². The number of hydrogen-bond acceptors (Lipinski definition) is 3. The molecule has 0 aliphatic heterocycles. The Morgan fingerprint density at radius 2 is 2.18 bits per heavy atom.